The van der Waals surface area contributed by atoms with E-state index in [4.69, 9.17) is 10.5 Å². The summed E-state index contributed by atoms with van der Waals surface area (Å²) in [4.78, 5) is 22.9. The second kappa shape index (κ2) is 8.07. The maximum atomic E-state index is 12.8. The predicted octanol–water partition coefficient (Wildman–Crippen LogP) is 2.76. The maximum absolute atomic E-state index is 12.8. The van der Waals surface area contributed by atoms with Gasteiger partial charge in [0.05, 0.1) is 24.2 Å². The zero-order valence-electron chi connectivity index (χ0n) is 14.5. The van der Waals surface area contributed by atoms with E-state index in [9.17, 15) is 4.79 Å². The summed E-state index contributed by atoms with van der Waals surface area (Å²) in [6.45, 7) is 4.12. The van der Waals surface area contributed by atoms with Gasteiger partial charge >= 0.3 is 0 Å². The maximum Gasteiger partial charge on any atom is 0.253 e. The van der Waals surface area contributed by atoms with Gasteiger partial charge in [0.1, 0.15) is 5.82 Å². The number of hydrogen-bond acceptors (Lipinski definition) is 5. The van der Waals surface area contributed by atoms with Gasteiger partial charge in [-0.2, -0.15) is 0 Å². The van der Waals surface area contributed by atoms with Crippen LogP contribution in [0.5, 0.6) is 0 Å². The van der Waals surface area contributed by atoms with Crippen molar-refractivity contribution >= 4 is 11.7 Å². The van der Waals surface area contributed by atoms with Crippen LogP contribution < -0.4 is 5.73 Å². The van der Waals surface area contributed by atoms with Gasteiger partial charge in [0, 0.05) is 30.8 Å². The van der Waals surface area contributed by atoms with Gasteiger partial charge in [-0.1, -0.05) is 12.1 Å². The van der Waals surface area contributed by atoms with Gasteiger partial charge in [-0.25, -0.2) is 4.98 Å². The number of nitrogen functional groups attached to an aromatic ring is 1. The average Bonchev–Trinajstić information content (AvgIpc) is 2.67. The van der Waals surface area contributed by atoms with Crippen LogP contribution in [0, 0.1) is 0 Å². The predicted molar refractivity (Wildman–Crippen MR) is 97.0 cm³/mol. The molecule has 1 aliphatic rings. The molecular formula is C19H24N4O2. The average molecular weight is 340 g/mol. The van der Waals surface area contributed by atoms with E-state index in [0.717, 1.165) is 30.7 Å². The van der Waals surface area contributed by atoms with Crippen molar-refractivity contribution in [1.29, 1.82) is 0 Å². The monoisotopic (exact) mass is 340 g/mol. The smallest absolute Gasteiger partial charge is 0.253 e. The molecule has 2 aromatic rings. The molecule has 25 heavy (non-hydrogen) atoms. The highest BCUT2D eigenvalue weighted by molar-refractivity contribution is 5.94. The quantitative estimate of drug-likeness (QED) is 0.905. The van der Waals surface area contributed by atoms with Crippen LogP contribution in [0.4, 0.5) is 5.82 Å². The van der Waals surface area contributed by atoms with Crippen molar-refractivity contribution in [2.24, 2.45) is 0 Å². The number of aromatic nitrogens is 2. The molecule has 2 heterocycles. The fourth-order valence-electron chi connectivity index (χ4n) is 3.01. The summed E-state index contributed by atoms with van der Waals surface area (Å²) >= 11 is 0. The van der Waals surface area contributed by atoms with Gasteiger partial charge in [-0.15, -0.1) is 0 Å². The van der Waals surface area contributed by atoms with E-state index in [1.54, 1.807) is 6.20 Å². The van der Waals surface area contributed by atoms with Crippen LogP contribution in [0.1, 0.15) is 36.5 Å². The Hall–Kier alpha value is -2.47. The lowest BCUT2D eigenvalue weighted by Gasteiger charge is -2.29. The van der Waals surface area contributed by atoms with Crippen molar-refractivity contribution in [3.05, 3.63) is 42.2 Å². The van der Waals surface area contributed by atoms with Gasteiger partial charge < -0.3 is 15.4 Å². The molecule has 0 saturated carbocycles. The fourth-order valence-corrected chi connectivity index (χ4v) is 3.01. The number of nitrogens with zero attached hydrogens (tertiary/aromatic N) is 3. The number of hydrogen-bond donors (Lipinski definition) is 1. The molecule has 0 bridgehead atoms. The Morgan fingerprint density at radius 2 is 2.04 bits per heavy atom. The van der Waals surface area contributed by atoms with Gasteiger partial charge in [0.15, 0.2) is 0 Å². The molecule has 0 unspecified atom stereocenters. The number of amides is 1. The highest BCUT2D eigenvalue weighted by atomic mass is 16.5. The van der Waals surface area contributed by atoms with Crippen LogP contribution in [0.2, 0.25) is 0 Å². The van der Waals surface area contributed by atoms with E-state index in [0.29, 0.717) is 24.5 Å². The molecule has 1 aromatic heterocycles. The van der Waals surface area contributed by atoms with Crippen molar-refractivity contribution in [2.45, 2.75) is 32.3 Å². The molecule has 6 heteroatoms. The summed E-state index contributed by atoms with van der Waals surface area (Å²) < 4.78 is 5.76. The third kappa shape index (κ3) is 4.33. The first-order valence-corrected chi connectivity index (χ1v) is 8.76. The summed E-state index contributed by atoms with van der Waals surface area (Å²) in [7, 11) is 0. The fraction of sp³-hybridized carbons (Fsp3) is 0.421. The first-order chi connectivity index (χ1) is 12.2. The Bertz CT molecular complexity index is 694. The van der Waals surface area contributed by atoms with Crippen LogP contribution in [-0.2, 0) is 4.74 Å². The van der Waals surface area contributed by atoms with E-state index in [1.807, 2.05) is 36.1 Å². The van der Waals surface area contributed by atoms with Crippen molar-refractivity contribution < 1.29 is 9.53 Å². The SMILES string of the molecule is CCN(C[C@H]1CCCCO1)C(=O)c1ccc(-c2cnc(N)cn2)cc1. The molecular weight excluding hydrogens is 316 g/mol. The number of carbonyl (C=O) groups is 1. The minimum absolute atomic E-state index is 0.0339. The Balaban J connectivity index is 1.69. The molecule has 1 fully saturated rings. The molecule has 0 aliphatic carbocycles. The Morgan fingerprint density at radius 3 is 2.64 bits per heavy atom. The first kappa shape index (κ1) is 17.4. The van der Waals surface area contributed by atoms with Crippen molar-refractivity contribution in [3.8, 4) is 11.3 Å². The highest BCUT2D eigenvalue weighted by Gasteiger charge is 2.21. The Morgan fingerprint density at radius 1 is 1.24 bits per heavy atom. The van der Waals surface area contributed by atoms with Gasteiger partial charge in [-0.05, 0) is 38.3 Å². The van der Waals surface area contributed by atoms with Crippen LogP contribution in [0.15, 0.2) is 36.7 Å². The van der Waals surface area contributed by atoms with Gasteiger partial charge in [0.2, 0.25) is 0 Å². The van der Waals surface area contributed by atoms with Gasteiger partial charge in [-0.3, -0.25) is 9.78 Å². The van der Waals surface area contributed by atoms with E-state index in [2.05, 4.69) is 9.97 Å². The first-order valence-electron chi connectivity index (χ1n) is 8.76. The van der Waals surface area contributed by atoms with Crippen molar-refractivity contribution in [3.63, 3.8) is 0 Å². The number of rotatable bonds is 5. The number of carbonyl (C=O) groups excluding carboxylic acids is 1. The van der Waals surface area contributed by atoms with Crippen molar-refractivity contribution in [1.82, 2.24) is 14.9 Å². The van der Waals surface area contributed by atoms with Crippen LogP contribution in [-0.4, -0.2) is 46.6 Å². The molecule has 0 spiro atoms. The summed E-state index contributed by atoms with van der Waals surface area (Å²) in [6.07, 6.45) is 6.63. The van der Waals surface area contributed by atoms with Crippen LogP contribution >= 0.6 is 0 Å². The van der Waals surface area contributed by atoms with E-state index in [1.165, 1.54) is 12.6 Å². The number of benzene rings is 1. The molecule has 1 aromatic carbocycles. The summed E-state index contributed by atoms with van der Waals surface area (Å²) in [5, 5.41) is 0. The topological polar surface area (TPSA) is 81.3 Å². The minimum Gasteiger partial charge on any atom is -0.382 e. The molecule has 1 atom stereocenters. The van der Waals surface area contributed by atoms with Gasteiger partial charge in [0.25, 0.3) is 5.91 Å². The zero-order valence-corrected chi connectivity index (χ0v) is 14.5. The molecule has 3 rings (SSSR count). The van der Waals surface area contributed by atoms with E-state index < -0.39 is 0 Å². The lowest BCUT2D eigenvalue weighted by atomic mass is 10.1. The Kier molecular flexibility index (Phi) is 5.60. The molecule has 132 valence electrons. The minimum atomic E-state index is 0.0339. The molecule has 2 N–H and O–H groups in total. The third-order valence-corrected chi connectivity index (χ3v) is 4.47. The largest absolute Gasteiger partial charge is 0.382 e. The lowest BCUT2D eigenvalue weighted by Crippen LogP contribution is -2.39. The zero-order chi connectivity index (χ0) is 17.6. The normalized spacial score (nSPS) is 17.2. The summed E-state index contributed by atoms with van der Waals surface area (Å²) in [6, 6.07) is 7.44. The van der Waals surface area contributed by atoms with E-state index >= 15 is 0 Å². The second-order valence-corrected chi connectivity index (χ2v) is 6.24. The lowest BCUT2D eigenvalue weighted by molar-refractivity contribution is -0.00311. The van der Waals surface area contributed by atoms with Crippen LogP contribution in [0.25, 0.3) is 11.3 Å². The number of ether oxygens (including phenoxy) is 1. The molecule has 1 saturated heterocycles. The molecule has 1 aliphatic heterocycles. The molecule has 6 nitrogen and oxygen atoms in total. The Labute approximate surface area is 148 Å². The van der Waals surface area contributed by atoms with Crippen LogP contribution in [0.3, 0.4) is 0 Å². The summed E-state index contributed by atoms with van der Waals surface area (Å²) in [5.74, 6) is 0.422. The number of likely N-dealkylation sites (N-methyl/N-ethyl adjacent to an activating group) is 1. The number of anilines is 1. The molecule has 1 amide bonds. The second-order valence-electron chi connectivity index (χ2n) is 6.24. The summed E-state index contributed by atoms with van der Waals surface area (Å²) in [5.41, 5.74) is 7.87. The third-order valence-electron chi connectivity index (χ3n) is 4.47. The number of nitrogens with two attached hydrogens (primary N) is 1. The molecule has 0 radical (unpaired) electrons. The van der Waals surface area contributed by atoms with E-state index in [-0.39, 0.29) is 12.0 Å². The standard InChI is InChI=1S/C19H24N4O2/c1-2-23(13-16-5-3-4-10-25-16)19(24)15-8-6-14(7-9-15)17-11-22-18(20)12-21-17/h6-9,11-12,16H,2-5,10,13H2,1H3,(H2,20,22)/t16-/m1/s1. The van der Waals surface area contributed by atoms with Crippen molar-refractivity contribution in [2.75, 3.05) is 25.4 Å². The highest BCUT2D eigenvalue weighted by Crippen LogP contribution is 2.19.